The van der Waals surface area contributed by atoms with E-state index in [2.05, 4.69) is 9.80 Å². The number of rotatable bonds is 2. The molecule has 0 amide bonds. The van der Waals surface area contributed by atoms with Gasteiger partial charge in [-0.1, -0.05) is 0 Å². The molecule has 0 N–H and O–H groups in total. The highest BCUT2D eigenvalue weighted by Gasteiger charge is 2.05. The van der Waals surface area contributed by atoms with E-state index >= 15 is 0 Å². The van der Waals surface area contributed by atoms with Crippen LogP contribution in [0.1, 0.15) is 0 Å². The molecule has 0 unspecified atom stereocenters. The summed E-state index contributed by atoms with van der Waals surface area (Å²) in [4.78, 5) is 4.18. The fourth-order valence-electron chi connectivity index (χ4n) is 0.839. The second-order valence-corrected chi connectivity index (χ2v) is 2.20. The van der Waals surface area contributed by atoms with Crippen molar-refractivity contribution in [3.63, 3.8) is 0 Å². The van der Waals surface area contributed by atoms with Crippen molar-refractivity contribution < 1.29 is 4.74 Å². The molecule has 0 saturated heterocycles. The van der Waals surface area contributed by atoms with E-state index < -0.39 is 0 Å². The molecule has 0 spiro atoms. The van der Waals surface area contributed by atoms with Gasteiger partial charge in [-0.15, -0.1) is 0 Å². The second-order valence-electron chi connectivity index (χ2n) is 2.20. The monoisotopic (exact) mass is 128 g/mol. The lowest BCUT2D eigenvalue weighted by molar-refractivity contribution is 0.0856. The lowest BCUT2D eigenvalue weighted by Gasteiger charge is -2.16. The van der Waals surface area contributed by atoms with Crippen LogP contribution in [0, 0.1) is 0 Å². The summed E-state index contributed by atoms with van der Waals surface area (Å²) in [5.41, 5.74) is 0. The fraction of sp³-hybridized carbons (Fsp3) is 0.667. The highest BCUT2D eigenvalue weighted by atomic mass is 16.5. The van der Waals surface area contributed by atoms with Crippen LogP contribution in [0.5, 0.6) is 0 Å². The Morgan fingerprint density at radius 2 is 2.33 bits per heavy atom. The molecule has 0 bridgehead atoms. The van der Waals surface area contributed by atoms with E-state index in [9.17, 15) is 0 Å². The van der Waals surface area contributed by atoms with Crippen molar-refractivity contribution in [1.29, 1.82) is 0 Å². The Morgan fingerprint density at radius 3 is 2.78 bits per heavy atom. The molecule has 1 rings (SSSR count). The first-order valence-electron chi connectivity index (χ1n) is 2.94. The maximum Gasteiger partial charge on any atom is 0.119 e. The van der Waals surface area contributed by atoms with E-state index in [-0.39, 0.29) is 0 Å². The van der Waals surface area contributed by atoms with Crippen molar-refractivity contribution in [2.24, 2.45) is 0 Å². The van der Waals surface area contributed by atoms with Gasteiger partial charge in [0.25, 0.3) is 0 Å². The highest BCUT2D eigenvalue weighted by Crippen LogP contribution is 2.01. The Balaban J connectivity index is 2.24. The average Bonchev–Trinajstić information content (AvgIpc) is 2.17. The first-order chi connectivity index (χ1) is 4.33. The number of ether oxygens (including phenoxy) is 1. The molecule has 0 aromatic rings. The van der Waals surface area contributed by atoms with Crippen LogP contribution in [0.15, 0.2) is 12.4 Å². The summed E-state index contributed by atoms with van der Waals surface area (Å²) < 4.78 is 4.92. The minimum absolute atomic E-state index is 0.681. The fourth-order valence-corrected chi connectivity index (χ4v) is 0.839. The molecule has 0 saturated carbocycles. The summed E-state index contributed by atoms with van der Waals surface area (Å²) in [5.74, 6) is 0. The molecule has 1 heterocycles. The summed E-state index contributed by atoms with van der Waals surface area (Å²) in [6.45, 7) is 1.62. The van der Waals surface area contributed by atoms with E-state index in [1.165, 1.54) is 0 Å². The average molecular weight is 128 g/mol. The topological polar surface area (TPSA) is 15.7 Å². The zero-order chi connectivity index (χ0) is 6.69. The van der Waals surface area contributed by atoms with Gasteiger partial charge in [-0.3, -0.25) is 0 Å². The number of hydrogen-bond donors (Lipinski definition) is 0. The standard InChI is InChI=1S/C6H12N2O/c1-7-3-4-8(5-7)6-9-2/h3-4H,5-6H2,1-2H3. The third-order valence-corrected chi connectivity index (χ3v) is 1.23. The van der Waals surface area contributed by atoms with E-state index in [1.54, 1.807) is 7.11 Å². The Morgan fingerprint density at radius 1 is 1.56 bits per heavy atom. The molecule has 3 nitrogen and oxygen atoms in total. The third kappa shape index (κ3) is 1.61. The van der Waals surface area contributed by atoms with Gasteiger partial charge in [0.2, 0.25) is 0 Å². The van der Waals surface area contributed by atoms with Crippen molar-refractivity contribution in [1.82, 2.24) is 9.80 Å². The van der Waals surface area contributed by atoms with Gasteiger partial charge in [0.1, 0.15) is 6.73 Å². The molecule has 1 aliphatic rings. The molecule has 1 aliphatic heterocycles. The Bertz CT molecular complexity index is 114. The summed E-state index contributed by atoms with van der Waals surface area (Å²) in [6, 6.07) is 0. The van der Waals surface area contributed by atoms with Crippen molar-refractivity contribution in [3.05, 3.63) is 12.4 Å². The van der Waals surface area contributed by atoms with Crippen molar-refractivity contribution >= 4 is 0 Å². The Labute approximate surface area is 55.5 Å². The summed E-state index contributed by atoms with van der Waals surface area (Å²) in [7, 11) is 3.73. The zero-order valence-corrected chi connectivity index (χ0v) is 5.87. The van der Waals surface area contributed by atoms with Crippen LogP contribution in [-0.2, 0) is 4.74 Å². The minimum Gasteiger partial charge on any atom is -0.364 e. The SMILES string of the molecule is COCN1C=CN(C)C1. The van der Waals surface area contributed by atoms with Gasteiger partial charge in [0.05, 0.1) is 6.67 Å². The number of nitrogens with zero attached hydrogens (tertiary/aromatic N) is 2. The maximum atomic E-state index is 4.92. The van der Waals surface area contributed by atoms with Crippen LogP contribution < -0.4 is 0 Å². The predicted octanol–water partition coefficient (Wildman–Crippen LogP) is 0.266. The molecule has 52 valence electrons. The quantitative estimate of drug-likeness (QED) is 0.530. The van der Waals surface area contributed by atoms with Gasteiger partial charge in [-0.2, -0.15) is 0 Å². The molecule has 3 heteroatoms. The largest absolute Gasteiger partial charge is 0.364 e. The molecule has 0 radical (unpaired) electrons. The van der Waals surface area contributed by atoms with Crippen molar-refractivity contribution in [2.45, 2.75) is 0 Å². The van der Waals surface area contributed by atoms with Gasteiger partial charge in [-0.05, 0) is 0 Å². The van der Waals surface area contributed by atoms with Gasteiger partial charge >= 0.3 is 0 Å². The smallest absolute Gasteiger partial charge is 0.119 e. The lowest BCUT2D eigenvalue weighted by Crippen LogP contribution is -2.23. The Hall–Kier alpha value is -0.700. The van der Waals surface area contributed by atoms with E-state index in [0.717, 1.165) is 6.67 Å². The second kappa shape index (κ2) is 2.73. The molecule has 0 aromatic carbocycles. The van der Waals surface area contributed by atoms with E-state index in [0.29, 0.717) is 6.73 Å². The molecule has 0 fully saturated rings. The first-order valence-corrected chi connectivity index (χ1v) is 2.94. The normalized spacial score (nSPS) is 17.6. The molecular formula is C6H12N2O. The molecule has 0 aromatic heterocycles. The van der Waals surface area contributed by atoms with Crippen LogP contribution >= 0.6 is 0 Å². The van der Waals surface area contributed by atoms with Crippen molar-refractivity contribution in [2.75, 3.05) is 27.6 Å². The predicted molar refractivity (Wildman–Crippen MR) is 35.5 cm³/mol. The molecule has 0 atom stereocenters. The van der Waals surface area contributed by atoms with Gasteiger partial charge in [0.15, 0.2) is 0 Å². The van der Waals surface area contributed by atoms with Crippen LogP contribution in [0.3, 0.4) is 0 Å². The first kappa shape index (κ1) is 6.42. The highest BCUT2D eigenvalue weighted by molar-refractivity contribution is 4.86. The molecule has 0 aliphatic carbocycles. The van der Waals surface area contributed by atoms with E-state index in [1.807, 2.05) is 19.4 Å². The van der Waals surface area contributed by atoms with Crippen LogP contribution in [-0.4, -0.2) is 37.4 Å². The van der Waals surface area contributed by atoms with Crippen LogP contribution in [0.2, 0.25) is 0 Å². The van der Waals surface area contributed by atoms with Crippen LogP contribution in [0.25, 0.3) is 0 Å². The van der Waals surface area contributed by atoms with Crippen LogP contribution in [0.4, 0.5) is 0 Å². The minimum atomic E-state index is 0.681. The Kier molecular flexibility index (Phi) is 1.95. The molecular weight excluding hydrogens is 116 g/mol. The lowest BCUT2D eigenvalue weighted by atomic mass is 10.8. The van der Waals surface area contributed by atoms with E-state index in [4.69, 9.17) is 4.74 Å². The van der Waals surface area contributed by atoms with Gasteiger partial charge in [0, 0.05) is 26.6 Å². The zero-order valence-electron chi connectivity index (χ0n) is 5.87. The summed E-state index contributed by atoms with van der Waals surface area (Å²) in [5, 5.41) is 0. The summed E-state index contributed by atoms with van der Waals surface area (Å²) in [6.07, 6.45) is 4.04. The van der Waals surface area contributed by atoms with Gasteiger partial charge in [-0.25, -0.2) is 0 Å². The number of methoxy groups -OCH3 is 1. The number of hydrogen-bond acceptors (Lipinski definition) is 3. The van der Waals surface area contributed by atoms with Gasteiger partial charge < -0.3 is 14.5 Å². The van der Waals surface area contributed by atoms with Crippen molar-refractivity contribution in [3.8, 4) is 0 Å². The molecule has 9 heavy (non-hydrogen) atoms. The third-order valence-electron chi connectivity index (χ3n) is 1.23. The summed E-state index contributed by atoms with van der Waals surface area (Å²) >= 11 is 0. The maximum absolute atomic E-state index is 4.92.